The van der Waals surface area contributed by atoms with Gasteiger partial charge in [-0.05, 0) is 41.0 Å². The third-order valence-electron chi connectivity index (χ3n) is 3.59. The van der Waals surface area contributed by atoms with Crippen LogP contribution in [0, 0.1) is 0 Å². The van der Waals surface area contributed by atoms with Gasteiger partial charge < -0.3 is 19.7 Å². The Morgan fingerprint density at radius 1 is 1.00 bits per heavy atom. The highest BCUT2D eigenvalue weighted by Crippen LogP contribution is 2.32. The molecular weight excluding hydrogens is 402 g/mol. The molecule has 4 aromatic rings. The number of hydrogen-bond donors (Lipinski definition) is 2. The van der Waals surface area contributed by atoms with Crippen molar-refractivity contribution in [3.63, 3.8) is 0 Å². The Morgan fingerprint density at radius 2 is 1.68 bits per heavy atom. The maximum atomic E-state index is 13.0. The first-order valence-electron chi connectivity index (χ1n) is 7.48. The topological polar surface area (TPSA) is 136 Å². The van der Waals surface area contributed by atoms with Crippen molar-refractivity contribution in [3.8, 4) is 11.4 Å². The zero-order chi connectivity index (χ0) is 19.9. The molecule has 28 heavy (non-hydrogen) atoms. The van der Waals surface area contributed by atoms with E-state index >= 15 is 0 Å². The first-order chi connectivity index (χ1) is 13.3. The van der Waals surface area contributed by atoms with E-state index in [1.165, 1.54) is 24.3 Å². The summed E-state index contributed by atoms with van der Waals surface area (Å²) in [5.74, 6) is -1.09. The van der Waals surface area contributed by atoms with Crippen LogP contribution in [0.25, 0.3) is 11.4 Å². The van der Waals surface area contributed by atoms with Gasteiger partial charge in [0, 0.05) is 11.3 Å². The van der Waals surface area contributed by atoms with Gasteiger partial charge in [-0.3, -0.25) is 9.59 Å². The minimum atomic E-state index is -3.77. The lowest BCUT2D eigenvalue weighted by molar-refractivity contribution is 0.0551. The van der Waals surface area contributed by atoms with Gasteiger partial charge in [0.2, 0.25) is 12.2 Å². The van der Waals surface area contributed by atoms with Crippen LogP contribution in [-0.4, -0.2) is 20.3 Å². The fourth-order valence-electron chi connectivity index (χ4n) is 2.27. The normalized spacial score (nSPS) is 11.7. The number of anilines is 4. The highest BCUT2D eigenvalue weighted by Gasteiger charge is 2.35. The molecular formula is C15H7ClF2N6O4. The quantitative estimate of drug-likeness (QED) is 0.361. The fourth-order valence-corrected chi connectivity index (χ4v) is 2.35. The Balaban J connectivity index is 1.53. The second-order valence-corrected chi connectivity index (χ2v) is 5.89. The Bertz CT molecular complexity index is 1190. The number of nitrogens with zero attached hydrogens (tertiary/aromatic N) is 4. The third kappa shape index (κ3) is 3.20. The number of alkyl halides is 3. The Kier molecular flexibility index (Phi) is 4.11. The SMILES string of the molecule is O=c1c(Nc2ccc(-c3noc(C(F)(F)Cl)n3)cc2)c(Nc2ncon2)c1=O. The van der Waals surface area contributed by atoms with Crippen LogP contribution in [-0.2, 0) is 5.38 Å². The molecule has 0 aliphatic rings. The Hall–Kier alpha value is -3.67. The van der Waals surface area contributed by atoms with Crippen LogP contribution in [0.5, 0.6) is 0 Å². The molecule has 0 saturated heterocycles. The highest BCUT2D eigenvalue weighted by molar-refractivity contribution is 6.21. The summed E-state index contributed by atoms with van der Waals surface area (Å²) in [6.07, 6.45) is 1.06. The molecule has 0 saturated carbocycles. The van der Waals surface area contributed by atoms with Crippen molar-refractivity contribution in [2.75, 3.05) is 10.6 Å². The zero-order valence-electron chi connectivity index (χ0n) is 13.4. The van der Waals surface area contributed by atoms with Crippen LogP contribution in [0.15, 0.2) is 49.3 Å². The molecule has 10 nitrogen and oxygen atoms in total. The molecule has 0 fully saturated rings. The first kappa shape index (κ1) is 17.7. The van der Waals surface area contributed by atoms with Gasteiger partial charge in [0.25, 0.3) is 16.8 Å². The van der Waals surface area contributed by atoms with Gasteiger partial charge in [-0.1, -0.05) is 5.16 Å². The van der Waals surface area contributed by atoms with Crippen molar-refractivity contribution < 1.29 is 17.8 Å². The van der Waals surface area contributed by atoms with Crippen LogP contribution >= 0.6 is 11.6 Å². The summed E-state index contributed by atoms with van der Waals surface area (Å²) >= 11 is 4.83. The molecule has 0 aliphatic carbocycles. The summed E-state index contributed by atoms with van der Waals surface area (Å²) in [6, 6.07) is 6.06. The Labute approximate surface area is 157 Å². The smallest absolute Gasteiger partial charge is 0.350 e. The van der Waals surface area contributed by atoms with Crippen LogP contribution in [0.1, 0.15) is 5.89 Å². The maximum Gasteiger partial charge on any atom is 0.400 e. The van der Waals surface area contributed by atoms with Gasteiger partial charge in [0.05, 0.1) is 0 Å². The molecule has 0 bridgehead atoms. The lowest BCUT2D eigenvalue weighted by Gasteiger charge is -2.13. The number of aromatic nitrogens is 4. The highest BCUT2D eigenvalue weighted by atomic mass is 35.5. The lowest BCUT2D eigenvalue weighted by atomic mass is 10.1. The summed E-state index contributed by atoms with van der Waals surface area (Å²) in [5.41, 5.74) is -0.628. The van der Waals surface area contributed by atoms with Gasteiger partial charge in [-0.25, -0.2) is 0 Å². The van der Waals surface area contributed by atoms with E-state index in [4.69, 9.17) is 11.6 Å². The average molecular weight is 409 g/mol. The summed E-state index contributed by atoms with van der Waals surface area (Å²) in [7, 11) is 0. The monoisotopic (exact) mass is 408 g/mol. The molecule has 0 aliphatic heterocycles. The first-order valence-corrected chi connectivity index (χ1v) is 7.86. The van der Waals surface area contributed by atoms with E-state index in [2.05, 4.69) is 40.0 Å². The molecule has 13 heteroatoms. The van der Waals surface area contributed by atoms with Crippen LogP contribution in [0.4, 0.5) is 31.8 Å². The van der Waals surface area contributed by atoms with Gasteiger partial charge in [-0.15, -0.1) is 0 Å². The van der Waals surface area contributed by atoms with Crippen molar-refractivity contribution in [2.45, 2.75) is 5.38 Å². The second-order valence-electron chi connectivity index (χ2n) is 5.41. The largest absolute Gasteiger partial charge is 0.400 e. The number of hydrogen-bond acceptors (Lipinski definition) is 10. The summed E-state index contributed by atoms with van der Waals surface area (Å²) < 4.78 is 34.9. The predicted octanol–water partition coefficient (Wildman–Crippen LogP) is 2.49. The predicted molar refractivity (Wildman–Crippen MR) is 91.7 cm³/mol. The summed E-state index contributed by atoms with van der Waals surface area (Å²) in [6.45, 7) is 0. The minimum absolute atomic E-state index is 0.0115. The minimum Gasteiger partial charge on any atom is -0.350 e. The van der Waals surface area contributed by atoms with Gasteiger partial charge in [0.15, 0.2) is 0 Å². The lowest BCUT2D eigenvalue weighted by Crippen LogP contribution is -2.35. The summed E-state index contributed by atoms with van der Waals surface area (Å²) in [5, 5.41) is 8.53. The second kappa shape index (κ2) is 6.49. The van der Waals surface area contributed by atoms with E-state index in [-0.39, 0.29) is 23.1 Å². The van der Waals surface area contributed by atoms with E-state index in [1.807, 2.05) is 0 Å². The molecule has 2 heterocycles. The number of rotatable bonds is 6. The average Bonchev–Trinajstić information content (AvgIpc) is 3.36. The molecule has 0 amide bonds. The van der Waals surface area contributed by atoms with Crippen molar-refractivity contribution in [1.29, 1.82) is 0 Å². The summed E-state index contributed by atoms with van der Waals surface area (Å²) in [4.78, 5) is 30.7. The van der Waals surface area contributed by atoms with Crippen molar-refractivity contribution in [2.24, 2.45) is 0 Å². The van der Waals surface area contributed by atoms with Crippen molar-refractivity contribution in [3.05, 3.63) is 57.0 Å². The van der Waals surface area contributed by atoms with E-state index in [0.29, 0.717) is 11.3 Å². The molecule has 2 N–H and O–H groups in total. The van der Waals surface area contributed by atoms with E-state index in [1.54, 1.807) is 0 Å². The number of halogens is 3. The van der Waals surface area contributed by atoms with E-state index in [9.17, 15) is 18.4 Å². The molecule has 2 aromatic heterocycles. The van der Waals surface area contributed by atoms with Crippen molar-refractivity contribution >= 4 is 34.6 Å². The van der Waals surface area contributed by atoms with E-state index in [0.717, 1.165) is 6.39 Å². The third-order valence-corrected chi connectivity index (χ3v) is 3.75. The standard InChI is InChI=1S/C15H7ClF2N6O4/c16-15(17,18)13-22-12(23-28-13)6-1-3-7(4-2-6)20-8-9(11(26)10(8)25)21-14-19-5-27-24-14/h1-5,20H,(H,21,24). The fraction of sp³-hybridized carbons (Fsp3) is 0.0667. The molecule has 0 unspecified atom stereocenters. The molecule has 0 atom stereocenters. The van der Waals surface area contributed by atoms with E-state index < -0.39 is 22.1 Å². The molecule has 0 spiro atoms. The molecule has 4 rings (SSSR count). The van der Waals surface area contributed by atoms with Gasteiger partial charge >= 0.3 is 11.3 Å². The number of nitrogens with one attached hydrogen (secondary N) is 2. The van der Waals surface area contributed by atoms with Crippen molar-refractivity contribution in [1.82, 2.24) is 20.3 Å². The van der Waals surface area contributed by atoms with Gasteiger partial charge in [0.1, 0.15) is 11.4 Å². The molecule has 0 radical (unpaired) electrons. The van der Waals surface area contributed by atoms with Crippen LogP contribution < -0.4 is 21.5 Å². The van der Waals surface area contributed by atoms with Crippen LogP contribution in [0.2, 0.25) is 0 Å². The number of benzene rings is 1. The molecule has 2 aromatic carbocycles. The van der Waals surface area contributed by atoms with Gasteiger partial charge in [-0.2, -0.15) is 18.7 Å². The van der Waals surface area contributed by atoms with Crippen LogP contribution in [0.3, 0.4) is 0 Å². The zero-order valence-corrected chi connectivity index (χ0v) is 14.2. The molecule has 142 valence electrons. The Morgan fingerprint density at radius 3 is 2.25 bits per heavy atom. The maximum absolute atomic E-state index is 13.0.